The number of nitrogens with one attached hydrogen (secondary N) is 1. The van der Waals surface area contributed by atoms with E-state index < -0.39 is 5.91 Å². The molecule has 0 unspecified atom stereocenters. The van der Waals surface area contributed by atoms with Crippen LogP contribution in [-0.4, -0.2) is 10.5 Å². The minimum atomic E-state index is -0.488. The molecule has 2 aromatic carbocycles. The Kier molecular flexibility index (Phi) is 5.16. The third-order valence-electron chi connectivity index (χ3n) is 3.75. The van der Waals surface area contributed by atoms with Gasteiger partial charge in [0.1, 0.15) is 17.4 Å². The molecule has 0 aliphatic rings. The van der Waals surface area contributed by atoms with E-state index in [-0.39, 0.29) is 5.57 Å². The fraction of sp³-hybridized carbons (Fsp3) is 0.0476. The molecule has 1 N–H and O–H groups in total. The van der Waals surface area contributed by atoms with E-state index >= 15 is 0 Å². The first kappa shape index (κ1) is 17.1. The van der Waals surface area contributed by atoms with E-state index in [1.807, 2.05) is 72.4 Å². The second kappa shape index (κ2) is 7.86. The largest absolute Gasteiger partial charge is 0.455 e. The molecular weight excluding hydrogens is 326 g/mol. The lowest BCUT2D eigenvalue weighted by molar-refractivity contribution is -0.112. The number of aromatic nitrogens is 1. The molecule has 3 rings (SSSR count). The van der Waals surface area contributed by atoms with Gasteiger partial charge in [-0.3, -0.25) is 4.79 Å². The van der Waals surface area contributed by atoms with Crippen LogP contribution in [-0.2, 0) is 11.8 Å². The molecular formula is C21H17N3O2. The van der Waals surface area contributed by atoms with Gasteiger partial charge in [0, 0.05) is 18.9 Å². The minimum absolute atomic E-state index is 0.0151. The molecule has 5 heteroatoms. The van der Waals surface area contributed by atoms with Gasteiger partial charge in [0.15, 0.2) is 5.75 Å². The summed E-state index contributed by atoms with van der Waals surface area (Å²) in [7, 11) is 1.85. The van der Waals surface area contributed by atoms with Gasteiger partial charge in [-0.1, -0.05) is 30.3 Å². The Morgan fingerprint density at radius 1 is 1.08 bits per heavy atom. The van der Waals surface area contributed by atoms with Crippen molar-refractivity contribution in [3.63, 3.8) is 0 Å². The van der Waals surface area contributed by atoms with Gasteiger partial charge in [-0.15, -0.1) is 0 Å². The molecule has 5 nitrogen and oxygen atoms in total. The zero-order valence-electron chi connectivity index (χ0n) is 14.2. The fourth-order valence-corrected chi connectivity index (χ4v) is 2.38. The van der Waals surface area contributed by atoms with Crippen LogP contribution < -0.4 is 10.1 Å². The number of amides is 1. The number of hydrogen-bond donors (Lipinski definition) is 1. The summed E-state index contributed by atoms with van der Waals surface area (Å²) in [5.41, 5.74) is 1.28. The Hall–Kier alpha value is -3.78. The zero-order chi connectivity index (χ0) is 18.4. The van der Waals surface area contributed by atoms with Crippen LogP contribution in [0.3, 0.4) is 0 Å². The third kappa shape index (κ3) is 4.00. The van der Waals surface area contributed by atoms with Gasteiger partial charge in [0.05, 0.1) is 5.69 Å². The maximum absolute atomic E-state index is 12.5. The Morgan fingerprint density at radius 2 is 1.81 bits per heavy atom. The van der Waals surface area contributed by atoms with Crippen molar-refractivity contribution in [1.29, 1.82) is 5.26 Å². The quantitative estimate of drug-likeness (QED) is 0.553. The van der Waals surface area contributed by atoms with Gasteiger partial charge >= 0.3 is 0 Å². The highest BCUT2D eigenvalue weighted by Crippen LogP contribution is 2.29. The average molecular weight is 343 g/mol. The van der Waals surface area contributed by atoms with E-state index in [1.165, 1.54) is 0 Å². The van der Waals surface area contributed by atoms with Gasteiger partial charge in [0.2, 0.25) is 0 Å². The predicted molar refractivity (Wildman–Crippen MR) is 101 cm³/mol. The number of benzene rings is 2. The van der Waals surface area contributed by atoms with Crippen molar-refractivity contribution >= 4 is 17.7 Å². The molecule has 0 saturated heterocycles. The van der Waals surface area contributed by atoms with E-state index in [0.717, 1.165) is 5.69 Å². The molecule has 1 amide bonds. The molecule has 128 valence electrons. The van der Waals surface area contributed by atoms with E-state index in [4.69, 9.17) is 4.74 Å². The second-order valence-electron chi connectivity index (χ2n) is 5.58. The SMILES string of the molecule is Cn1cccc1/C=C(\C#N)C(=O)Nc1ccccc1Oc1ccccc1. The minimum Gasteiger partial charge on any atom is -0.455 e. The summed E-state index contributed by atoms with van der Waals surface area (Å²) in [6, 6.07) is 22.0. The molecule has 0 aliphatic heterocycles. The number of carbonyl (C=O) groups is 1. The molecule has 0 aliphatic carbocycles. The van der Waals surface area contributed by atoms with Crippen LogP contribution in [0.5, 0.6) is 11.5 Å². The summed E-state index contributed by atoms with van der Waals surface area (Å²) in [4.78, 5) is 12.5. The lowest BCUT2D eigenvalue weighted by Crippen LogP contribution is -2.14. The summed E-state index contributed by atoms with van der Waals surface area (Å²) >= 11 is 0. The zero-order valence-corrected chi connectivity index (χ0v) is 14.2. The summed E-state index contributed by atoms with van der Waals surface area (Å²) in [5, 5.41) is 12.1. The summed E-state index contributed by atoms with van der Waals surface area (Å²) in [6.45, 7) is 0. The fourth-order valence-electron chi connectivity index (χ4n) is 2.38. The van der Waals surface area contributed by atoms with Crippen LogP contribution in [0.15, 0.2) is 78.5 Å². The number of anilines is 1. The molecule has 0 radical (unpaired) electrons. The first-order valence-corrected chi connectivity index (χ1v) is 8.04. The number of rotatable bonds is 5. The maximum Gasteiger partial charge on any atom is 0.266 e. The molecule has 0 bridgehead atoms. The van der Waals surface area contributed by atoms with Gasteiger partial charge in [-0.25, -0.2) is 0 Å². The van der Waals surface area contributed by atoms with Crippen LogP contribution in [0.25, 0.3) is 6.08 Å². The van der Waals surface area contributed by atoms with E-state index in [1.54, 1.807) is 24.3 Å². The summed E-state index contributed by atoms with van der Waals surface area (Å²) in [6.07, 6.45) is 3.40. The first-order chi connectivity index (χ1) is 12.7. The Balaban J connectivity index is 1.82. The van der Waals surface area contributed by atoms with Crippen molar-refractivity contribution in [3.8, 4) is 17.6 Å². The molecule has 0 spiro atoms. The standard InChI is InChI=1S/C21H17N3O2/c1-24-13-7-8-17(24)14-16(15-22)21(25)23-19-11-5-6-12-20(19)26-18-9-3-2-4-10-18/h2-14H,1H3,(H,23,25)/b16-14+. The average Bonchev–Trinajstić information content (AvgIpc) is 3.06. The Labute approximate surface area is 151 Å². The molecule has 1 heterocycles. The van der Waals surface area contributed by atoms with Crippen LogP contribution >= 0.6 is 0 Å². The number of aryl methyl sites for hydroxylation is 1. The summed E-state index contributed by atoms with van der Waals surface area (Å²) in [5.74, 6) is 0.676. The number of para-hydroxylation sites is 3. The van der Waals surface area contributed by atoms with Crippen molar-refractivity contribution in [3.05, 3.63) is 84.2 Å². The van der Waals surface area contributed by atoms with E-state index in [9.17, 15) is 10.1 Å². The number of nitriles is 1. The second-order valence-corrected chi connectivity index (χ2v) is 5.58. The number of carbonyl (C=O) groups excluding carboxylic acids is 1. The number of ether oxygens (including phenoxy) is 1. The number of hydrogen-bond acceptors (Lipinski definition) is 3. The van der Waals surface area contributed by atoms with Crippen LogP contribution in [0.4, 0.5) is 5.69 Å². The lowest BCUT2D eigenvalue weighted by Gasteiger charge is -2.12. The monoisotopic (exact) mass is 343 g/mol. The molecule has 3 aromatic rings. The Morgan fingerprint density at radius 3 is 2.50 bits per heavy atom. The van der Waals surface area contributed by atoms with Crippen molar-refractivity contribution in [2.45, 2.75) is 0 Å². The van der Waals surface area contributed by atoms with Crippen molar-refractivity contribution in [2.75, 3.05) is 5.32 Å². The normalized spacial score (nSPS) is 10.8. The van der Waals surface area contributed by atoms with Crippen molar-refractivity contribution in [1.82, 2.24) is 4.57 Å². The van der Waals surface area contributed by atoms with Crippen LogP contribution in [0, 0.1) is 11.3 Å². The molecule has 0 fully saturated rings. The molecule has 0 atom stereocenters. The maximum atomic E-state index is 12.5. The Bertz CT molecular complexity index is 982. The summed E-state index contributed by atoms with van der Waals surface area (Å²) < 4.78 is 7.66. The molecule has 26 heavy (non-hydrogen) atoms. The van der Waals surface area contributed by atoms with Gasteiger partial charge in [0.25, 0.3) is 5.91 Å². The van der Waals surface area contributed by atoms with Gasteiger partial charge in [-0.2, -0.15) is 5.26 Å². The molecule has 1 aromatic heterocycles. The van der Waals surface area contributed by atoms with E-state index in [2.05, 4.69) is 5.32 Å². The van der Waals surface area contributed by atoms with Crippen LogP contribution in [0.2, 0.25) is 0 Å². The van der Waals surface area contributed by atoms with Crippen LogP contribution in [0.1, 0.15) is 5.69 Å². The predicted octanol–water partition coefficient (Wildman–Crippen LogP) is 4.36. The van der Waals surface area contributed by atoms with Crippen molar-refractivity contribution < 1.29 is 9.53 Å². The third-order valence-corrected chi connectivity index (χ3v) is 3.75. The molecule has 0 saturated carbocycles. The first-order valence-electron chi connectivity index (χ1n) is 8.04. The highest BCUT2D eigenvalue weighted by Gasteiger charge is 2.13. The highest BCUT2D eigenvalue weighted by atomic mass is 16.5. The highest BCUT2D eigenvalue weighted by molar-refractivity contribution is 6.10. The van der Waals surface area contributed by atoms with Gasteiger partial charge in [-0.05, 0) is 42.5 Å². The van der Waals surface area contributed by atoms with E-state index in [0.29, 0.717) is 17.2 Å². The topological polar surface area (TPSA) is 67.0 Å². The van der Waals surface area contributed by atoms with Crippen molar-refractivity contribution in [2.24, 2.45) is 7.05 Å². The van der Waals surface area contributed by atoms with Gasteiger partial charge < -0.3 is 14.6 Å². The number of nitrogens with zero attached hydrogens (tertiary/aromatic N) is 2. The lowest BCUT2D eigenvalue weighted by atomic mass is 10.2. The smallest absolute Gasteiger partial charge is 0.266 e.